The fourth-order valence-electron chi connectivity index (χ4n) is 3.09. The van der Waals surface area contributed by atoms with E-state index in [-0.39, 0.29) is 11.8 Å². The second-order valence-electron chi connectivity index (χ2n) is 6.55. The molecule has 0 bridgehead atoms. The van der Waals surface area contributed by atoms with Gasteiger partial charge in [-0.1, -0.05) is 29.8 Å². The minimum atomic E-state index is -0.453. The molecular weight excluding hydrogens is 329 g/mol. The summed E-state index contributed by atoms with van der Waals surface area (Å²) < 4.78 is 20.7. The molecular formula is C22H22FNO2. The van der Waals surface area contributed by atoms with Crippen LogP contribution in [0.3, 0.4) is 0 Å². The summed E-state index contributed by atoms with van der Waals surface area (Å²) in [6.07, 6.45) is -0.453. The van der Waals surface area contributed by atoms with Gasteiger partial charge in [-0.2, -0.15) is 0 Å². The number of ether oxygens (including phenoxy) is 1. The fourth-order valence-corrected chi connectivity index (χ4v) is 3.09. The number of esters is 1. The zero-order valence-corrected chi connectivity index (χ0v) is 15.4. The predicted octanol–water partition coefficient (Wildman–Crippen LogP) is 5.46. The maximum atomic E-state index is 13.1. The number of carbonyl (C=O) groups excluding carboxylic acids is 1. The molecule has 1 atom stereocenters. The van der Waals surface area contributed by atoms with Crippen molar-refractivity contribution < 1.29 is 13.9 Å². The average Bonchev–Trinajstić information content (AvgIpc) is 2.91. The molecule has 3 rings (SSSR count). The molecule has 26 heavy (non-hydrogen) atoms. The van der Waals surface area contributed by atoms with Gasteiger partial charge in [-0.15, -0.1) is 0 Å². The molecule has 0 spiro atoms. The van der Waals surface area contributed by atoms with Crippen molar-refractivity contribution in [3.05, 3.63) is 88.5 Å². The highest BCUT2D eigenvalue weighted by Crippen LogP contribution is 2.24. The van der Waals surface area contributed by atoms with E-state index in [4.69, 9.17) is 4.74 Å². The summed E-state index contributed by atoms with van der Waals surface area (Å²) in [5, 5.41) is 0. The molecule has 0 aliphatic carbocycles. The van der Waals surface area contributed by atoms with Crippen LogP contribution in [0.2, 0.25) is 0 Å². The molecule has 0 saturated carbocycles. The molecule has 3 aromatic rings. The second kappa shape index (κ2) is 7.16. The molecule has 134 valence electrons. The lowest BCUT2D eigenvalue weighted by Crippen LogP contribution is -2.10. The Labute approximate surface area is 153 Å². The van der Waals surface area contributed by atoms with Gasteiger partial charge < -0.3 is 9.30 Å². The maximum Gasteiger partial charge on any atom is 0.340 e. The van der Waals surface area contributed by atoms with Gasteiger partial charge in [0.2, 0.25) is 0 Å². The summed E-state index contributed by atoms with van der Waals surface area (Å²) in [6, 6.07) is 16.0. The first-order valence-electron chi connectivity index (χ1n) is 8.59. The predicted molar refractivity (Wildman–Crippen MR) is 100 cm³/mol. The number of hydrogen-bond donors (Lipinski definition) is 0. The maximum absolute atomic E-state index is 13.1. The van der Waals surface area contributed by atoms with Gasteiger partial charge in [0.25, 0.3) is 0 Å². The summed E-state index contributed by atoms with van der Waals surface area (Å²) in [5.74, 6) is -0.692. The molecule has 2 aromatic carbocycles. The molecule has 0 amide bonds. The van der Waals surface area contributed by atoms with E-state index in [1.807, 2.05) is 55.7 Å². The molecule has 0 unspecified atom stereocenters. The van der Waals surface area contributed by atoms with Gasteiger partial charge in [-0.3, -0.25) is 0 Å². The number of hydrogen-bond acceptors (Lipinski definition) is 2. The van der Waals surface area contributed by atoms with Crippen molar-refractivity contribution >= 4 is 5.97 Å². The lowest BCUT2D eigenvalue weighted by Gasteiger charge is -2.14. The third-order valence-electron chi connectivity index (χ3n) is 4.57. The lowest BCUT2D eigenvalue weighted by molar-refractivity contribution is 0.0337. The van der Waals surface area contributed by atoms with Crippen molar-refractivity contribution in [2.24, 2.45) is 0 Å². The van der Waals surface area contributed by atoms with Crippen LogP contribution in [0.4, 0.5) is 4.39 Å². The van der Waals surface area contributed by atoms with E-state index < -0.39 is 6.10 Å². The first-order chi connectivity index (χ1) is 12.4. The van der Waals surface area contributed by atoms with Crippen molar-refractivity contribution in [1.29, 1.82) is 0 Å². The van der Waals surface area contributed by atoms with Crippen LogP contribution in [0.1, 0.15) is 45.9 Å². The lowest BCUT2D eigenvalue weighted by atomic mass is 10.1. The highest BCUT2D eigenvalue weighted by Gasteiger charge is 2.20. The Hall–Kier alpha value is -2.88. The molecule has 0 aliphatic heterocycles. The van der Waals surface area contributed by atoms with Gasteiger partial charge in [0, 0.05) is 17.1 Å². The van der Waals surface area contributed by atoms with Crippen molar-refractivity contribution in [3.8, 4) is 5.69 Å². The molecule has 1 aromatic heterocycles. The standard InChI is InChI=1S/C22H22FNO2/c1-14-5-11-20(12-6-14)24-15(2)13-21(16(24)3)22(25)26-17(4)18-7-9-19(23)10-8-18/h5-13,17H,1-4H3/t17-/m0/s1. The molecule has 1 heterocycles. The molecule has 0 fully saturated rings. The molecule has 3 nitrogen and oxygen atoms in total. The van der Waals surface area contributed by atoms with Gasteiger partial charge in [0.15, 0.2) is 0 Å². The number of nitrogens with zero attached hydrogens (tertiary/aromatic N) is 1. The van der Waals surface area contributed by atoms with Crippen LogP contribution < -0.4 is 0 Å². The molecule has 0 aliphatic rings. The van der Waals surface area contributed by atoms with Crippen molar-refractivity contribution in [1.82, 2.24) is 4.57 Å². The van der Waals surface area contributed by atoms with E-state index in [0.29, 0.717) is 5.56 Å². The van der Waals surface area contributed by atoms with E-state index in [1.165, 1.54) is 17.7 Å². The first kappa shape index (κ1) is 17.9. The van der Waals surface area contributed by atoms with E-state index >= 15 is 0 Å². The van der Waals surface area contributed by atoms with Crippen LogP contribution in [-0.4, -0.2) is 10.5 Å². The van der Waals surface area contributed by atoms with Crippen LogP contribution in [0, 0.1) is 26.6 Å². The summed E-state index contributed by atoms with van der Waals surface area (Å²) >= 11 is 0. The van der Waals surface area contributed by atoms with Gasteiger partial charge in [0.1, 0.15) is 11.9 Å². The molecule has 0 saturated heterocycles. The smallest absolute Gasteiger partial charge is 0.340 e. The van der Waals surface area contributed by atoms with Crippen LogP contribution in [0.5, 0.6) is 0 Å². The Bertz CT molecular complexity index is 924. The van der Waals surface area contributed by atoms with E-state index in [9.17, 15) is 9.18 Å². The third kappa shape index (κ3) is 3.54. The van der Waals surface area contributed by atoms with E-state index in [2.05, 4.69) is 0 Å². The van der Waals surface area contributed by atoms with Gasteiger partial charge in [-0.05, 0) is 63.6 Å². The van der Waals surface area contributed by atoms with Gasteiger partial charge in [0.05, 0.1) is 5.56 Å². The van der Waals surface area contributed by atoms with Crippen molar-refractivity contribution in [3.63, 3.8) is 0 Å². The number of carbonyl (C=O) groups is 1. The van der Waals surface area contributed by atoms with Crippen LogP contribution >= 0.6 is 0 Å². The number of halogens is 1. The molecule has 0 radical (unpaired) electrons. The summed E-state index contributed by atoms with van der Waals surface area (Å²) in [5.41, 5.74) is 5.29. The Morgan fingerprint density at radius 2 is 1.62 bits per heavy atom. The number of aryl methyl sites for hydroxylation is 2. The zero-order valence-electron chi connectivity index (χ0n) is 15.4. The first-order valence-corrected chi connectivity index (χ1v) is 8.59. The number of rotatable bonds is 4. The summed E-state index contributed by atoms with van der Waals surface area (Å²) in [4.78, 5) is 12.7. The number of aromatic nitrogens is 1. The van der Waals surface area contributed by atoms with Crippen molar-refractivity contribution in [2.75, 3.05) is 0 Å². The fraction of sp³-hybridized carbons (Fsp3) is 0.227. The minimum Gasteiger partial charge on any atom is -0.454 e. The van der Waals surface area contributed by atoms with E-state index in [0.717, 1.165) is 22.6 Å². The van der Waals surface area contributed by atoms with Crippen LogP contribution in [0.25, 0.3) is 5.69 Å². The topological polar surface area (TPSA) is 31.2 Å². The highest BCUT2D eigenvalue weighted by atomic mass is 19.1. The Balaban J connectivity index is 1.85. The van der Waals surface area contributed by atoms with E-state index in [1.54, 1.807) is 19.1 Å². The minimum absolute atomic E-state index is 0.311. The van der Waals surface area contributed by atoms with Gasteiger partial charge >= 0.3 is 5.97 Å². The zero-order chi connectivity index (χ0) is 18.8. The van der Waals surface area contributed by atoms with Gasteiger partial charge in [-0.25, -0.2) is 9.18 Å². The molecule has 4 heteroatoms. The monoisotopic (exact) mass is 351 g/mol. The Morgan fingerprint density at radius 3 is 2.23 bits per heavy atom. The Kier molecular flexibility index (Phi) is 4.94. The normalized spacial score (nSPS) is 12.0. The SMILES string of the molecule is Cc1ccc(-n2c(C)cc(C(=O)O[C@@H](C)c3ccc(F)cc3)c2C)cc1. The largest absolute Gasteiger partial charge is 0.454 e. The third-order valence-corrected chi connectivity index (χ3v) is 4.57. The van der Waals surface area contributed by atoms with Crippen LogP contribution in [-0.2, 0) is 4.74 Å². The molecule has 0 N–H and O–H groups in total. The van der Waals surface area contributed by atoms with Crippen LogP contribution in [0.15, 0.2) is 54.6 Å². The Morgan fingerprint density at radius 1 is 1.00 bits per heavy atom. The van der Waals surface area contributed by atoms with Crippen molar-refractivity contribution in [2.45, 2.75) is 33.8 Å². The summed E-state index contributed by atoms with van der Waals surface area (Å²) in [7, 11) is 0. The second-order valence-corrected chi connectivity index (χ2v) is 6.55. The quantitative estimate of drug-likeness (QED) is 0.585. The average molecular weight is 351 g/mol. The highest BCUT2D eigenvalue weighted by molar-refractivity contribution is 5.91. The number of benzene rings is 2. The summed E-state index contributed by atoms with van der Waals surface area (Å²) in [6.45, 7) is 7.70.